The van der Waals surface area contributed by atoms with Gasteiger partial charge in [0, 0.05) is 5.56 Å². The van der Waals surface area contributed by atoms with Crippen molar-refractivity contribution in [3.63, 3.8) is 0 Å². The van der Waals surface area contributed by atoms with Gasteiger partial charge in [-0.05, 0) is 12.1 Å². The number of aromatic nitrogens is 2. The number of hydrogen-bond acceptors (Lipinski definition) is 4. The van der Waals surface area contributed by atoms with Gasteiger partial charge in [-0.15, -0.1) is 0 Å². The van der Waals surface area contributed by atoms with Crippen LogP contribution in [0.3, 0.4) is 0 Å². The molecule has 0 spiro atoms. The molecule has 17 heavy (non-hydrogen) atoms. The first-order valence-corrected chi connectivity index (χ1v) is 5.09. The fourth-order valence-corrected chi connectivity index (χ4v) is 1.72. The lowest BCUT2D eigenvalue weighted by Gasteiger charge is -2.14. The molecule has 0 aliphatic heterocycles. The van der Waals surface area contributed by atoms with E-state index in [-0.39, 0.29) is 0 Å². The van der Waals surface area contributed by atoms with Crippen molar-refractivity contribution in [2.24, 2.45) is 0 Å². The SMILES string of the molecule is COc1ccc(-c2cnc[nH]2)c(OC)c1OC. The smallest absolute Gasteiger partial charge is 0.203 e. The summed E-state index contributed by atoms with van der Waals surface area (Å²) >= 11 is 0. The Kier molecular flexibility index (Phi) is 3.18. The minimum Gasteiger partial charge on any atom is -0.493 e. The van der Waals surface area contributed by atoms with Gasteiger partial charge >= 0.3 is 0 Å². The molecule has 5 heteroatoms. The Balaban J connectivity index is 2.61. The maximum Gasteiger partial charge on any atom is 0.203 e. The highest BCUT2D eigenvalue weighted by Crippen LogP contribution is 2.43. The number of H-pyrrole nitrogens is 1. The lowest BCUT2D eigenvalue weighted by atomic mass is 10.1. The predicted octanol–water partition coefficient (Wildman–Crippen LogP) is 2.10. The lowest BCUT2D eigenvalue weighted by molar-refractivity contribution is 0.325. The first-order valence-electron chi connectivity index (χ1n) is 5.09. The van der Waals surface area contributed by atoms with Gasteiger partial charge in [0.25, 0.3) is 0 Å². The number of benzene rings is 1. The van der Waals surface area contributed by atoms with Crippen molar-refractivity contribution in [1.82, 2.24) is 9.97 Å². The first-order chi connectivity index (χ1) is 8.31. The summed E-state index contributed by atoms with van der Waals surface area (Å²) in [7, 11) is 4.77. The summed E-state index contributed by atoms with van der Waals surface area (Å²) < 4.78 is 15.9. The fourth-order valence-electron chi connectivity index (χ4n) is 1.72. The van der Waals surface area contributed by atoms with E-state index in [9.17, 15) is 0 Å². The average Bonchev–Trinajstić information content (AvgIpc) is 2.90. The Morgan fingerprint density at radius 3 is 2.29 bits per heavy atom. The third-order valence-corrected chi connectivity index (χ3v) is 2.49. The van der Waals surface area contributed by atoms with Crippen LogP contribution in [0, 0.1) is 0 Å². The molecule has 1 N–H and O–H groups in total. The molecule has 5 nitrogen and oxygen atoms in total. The Hall–Kier alpha value is -2.17. The van der Waals surface area contributed by atoms with Crippen LogP contribution in [0.4, 0.5) is 0 Å². The monoisotopic (exact) mass is 234 g/mol. The zero-order valence-electron chi connectivity index (χ0n) is 9.98. The Bertz CT molecular complexity index is 495. The number of aromatic amines is 1. The molecule has 2 aromatic rings. The van der Waals surface area contributed by atoms with Crippen molar-refractivity contribution in [1.29, 1.82) is 0 Å². The van der Waals surface area contributed by atoms with E-state index in [1.54, 1.807) is 33.9 Å². The standard InChI is InChI=1S/C12H14N2O3/c1-15-10-5-4-8(9-6-13-7-14-9)11(16-2)12(10)17-3/h4-7H,1-3H3,(H,13,14). The molecule has 0 aliphatic carbocycles. The molecule has 0 saturated heterocycles. The topological polar surface area (TPSA) is 56.4 Å². The molecule has 0 bridgehead atoms. The normalized spacial score (nSPS) is 10.1. The quantitative estimate of drug-likeness (QED) is 0.880. The Morgan fingerprint density at radius 2 is 1.76 bits per heavy atom. The van der Waals surface area contributed by atoms with Crippen LogP contribution in [0.5, 0.6) is 17.2 Å². The van der Waals surface area contributed by atoms with Gasteiger partial charge in [-0.3, -0.25) is 0 Å². The van der Waals surface area contributed by atoms with Gasteiger partial charge in [0.05, 0.1) is 39.5 Å². The van der Waals surface area contributed by atoms with Crippen molar-refractivity contribution < 1.29 is 14.2 Å². The first kappa shape index (κ1) is 11.3. The third kappa shape index (κ3) is 1.91. The largest absolute Gasteiger partial charge is 0.493 e. The Labute approximate surface area is 99.4 Å². The molecule has 0 saturated carbocycles. The van der Waals surface area contributed by atoms with Crippen molar-refractivity contribution in [2.75, 3.05) is 21.3 Å². The van der Waals surface area contributed by atoms with E-state index < -0.39 is 0 Å². The van der Waals surface area contributed by atoms with Crippen LogP contribution in [0.25, 0.3) is 11.3 Å². The van der Waals surface area contributed by atoms with Crippen LogP contribution in [0.1, 0.15) is 0 Å². The fraction of sp³-hybridized carbons (Fsp3) is 0.250. The van der Waals surface area contributed by atoms with E-state index in [0.29, 0.717) is 17.2 Å². The molecule has 1 heterocycles. The molecule has 1 aromatic heterocycles. The number of rotatable bonds is 4. The minimum atomic E-state index is 0.571. The van der Waals surface area contributed by atoms with Gasteiger partial charge in [0.1, 0.15) is 0 Å². The van der Waals surface area contributed by atoms with Gasteiger partial charge < -0.3 is 19.2 Å². The van der Waals surface area contributed by atoms with Crippen molar-refractivity contribution in [3.05, 3.63) is 24.7 Å². The van der Waals surface area contributed by atoms with Crippen LogP contribution >= 0.6 is 0 Å². The third-order valence-electron chi connectivity index (χ3n) is 2.49. The second kappa shape index (κ2) is 4.78. The van der Waals surface area contributed by atoms with E-state index in [1.807, 2.05) is 12.1 Å². The second-order valence-corrected chi connectivity index (χ2v) is 3.35. The summed E-state index contributed by atoms with van der Waals surface area (Å²) in [5, 5.41) is 0. The number of nitrogens with zero attached hydrogens (tertiary/aromatic N) is 1. The summed E-state index contributed by atoms with van der Waals surface area (Å²) in [4.78, 5) is 7.02. The zero-order chi connectivity index (χ0) is 12.3. The van der Waals surface area contributed by atoms with Crippen LogP contribution in [0.15, 0.2) is 24.7 Å². The average molecular weight is 234 g/mol. The second-order valence-electron chi connectivity index (χ2n) is 3.35. The van der Waals surface area contributed by atoms with Crippen LogP contribution in [-0.4, -0.2) is 31.3 Å². The molecule has 90 valence electrons. The Morgan fingerprint density at radius 1 is 1.00 bits per heavy atom. The van der Waals surface area contributed by atoms with E-state index in [2.05, 4.69) is 9.97 Å². The predicted molar refractivity (Wildman–Crippen MR) is 63.7 cm³/mol. The van der Waals surface area contributed by atoms with Crippen LogP contribution < -0.4 is 14.2 Å². The van der Waals surface area contributed by atoms with E-state index in [4.69, 9.17) is 14.2 Å². The minimum absolute atomic E-state index is 0.571. The molecule has 0 atom stereocenters. The van der Waals surface area contributed by atoms with Gasteiger partial charge in [0.15, 0.2) is 11.5 Å². The molecule has 0 fully saturated rings. The molecule has 0 radical (unpaired) electrons. The lowest BCUT2D eigenvalue weighted by Crippen LogP contribution is -1.96. The summed E-state index contributed by atoms with van der Waals surface area (Å²) in [6, 6.07) is 3.73. The van der Waals surface area contributed by atoms with Gasteiger partial charge in [0.2, 0.25) is 5.75 Å². The maximum atomic E-state index is 5.38. The molecule has 0 aliphatic rings. The number of methoxy groups -OCH3 is 3. The summed E-state index contributed by atoms with van der Waals surface area (Å²) in [6.07, 6.45) is 3.34. The molecule has 2 rings (SSSR count). The highest BCUT2D eigenvalue weighted by Gasteiger charge is 2.17. The number of imidazole rings is 1. The van der Waals surface area contributed by atoms with Crippen LogP contribution in [-0.2, 0) is 0 Å². The summed E-state index contributed by atoms with van der Waals surface area (Å²) in [6.45, 7) is 0. The van der Waals surface area contributed by atoms with Crippen molar-refractivity contribution >= 4 is 0 Å². The highest BCUT2D eigenvalue weighted by molar-refractivity contribution is 5.73. The maximum absolute atomic E-state index is 5.38. The van der Waals surface area contributed by atoms with Gasteiger partial charge in [-0.25, -0.2) is 4.98 Å². The van der Waals surface area contributed by atoms with Crippen LogP contribution in [0.2, 0.25) is 0 Å². The summed E-state index contributed by atoms with van der Waals surface area (Å²) in [5.74, 6) is 1.82. The van der Waals surface area contributed by atoms with Gasteiger partial charge in [-0.2, -0.15) is 0 Å². The summed E-state index contributed by atoms with van der Waals surface area (Å²) in [5.41, 5.74) is 1.74. The van der Waals surface area contributed by atoms with E-state index in [1.165, 1.54) is 0 Å². The molecular weight excluding hydrogens is 220 g/mol. The highest BCUT2D eigenvalue weighted by atomic mass is 16.5. The number of hydrogen-bond donors (Lipinski definition) is 1. The van der Waals surface area contributed by atoms with Crippen molar-refractivity contribution in [3.8, 4) is 28.5 Å². The van der Waals surface area contributed by atoms with Crippen molar-refractivity contribution in [2.45, 2.75) is 0 Å². The zero-order valence-corrected chi connectivity index (χ0v) is 9.98. The molecule has 0 amide bonds. The molecule has 1 aromatic carbocycles. The van der Waals surface area contributed by atoms with E-state index in [0.717, 1.165) is 11.3 Å². The number of nitrogens with one attached hydrogen (secondary N) is 1. The molecular formula is C12H14N2O3. The molecule has 0 unspecified atom stereocenters. The number of ether oxygens (including phenoxy) is 3. The van der Waals surface area contributed by atoms with E-state index >= 15 is 0 Å². The van der Waals surface area contributed by atoms with Gasteiger partial charge in [-0.1, -0.05) is 0 Å².